The summed E-state index contributed by atoms with van der Waals surface area (Å²) < 4.78 is 4.61. The molecule has 3 amide bonds. The van der Waals surface area contributed by atoms with E-state index in [0.717, 1.165) is 0 Å². The topological polar surface area (TPSA) is 96.5 Å². The van der Waals surface area contributed by atoms with Crippen LogP contribution in [0.15, 0.2) is 48.5 Å². The number of carbonyl (C=O) groups is 3. The van der Waals surface area contributed by atoms with E-state index in [2.05, 4.69) is 20.7 Å². The lowest BCUT2D eigenvalue weighted by molar-refractivity contribution is -0.115. The molecule has 0 spiro atoms. The Bertz CT molecular complexity index is 781. The van der Waals surface area contributed by atoms with Gasteiger partial charge in [0, 0.05) is 5.69 Å². The van der Waals surface area contributed by atoms with E-state index in [1.54, 1.807) is 24.3 Å². The molecule has 0 saturated heterocycles. The summed E-state index contributed by atoms with van der Waals surface area (Å²) in [6.45, 7) is -0.266. The van der Waals surface area contributed by atoms with Gasteiger partial charge in [-0.1, -0.05) is 29.8 Å². The number of esters is 1. The lowest BCUT2D eigenvalue weighted by atomic mass is 10.2. The molecule has 0 aliphatic carbocycles. The van der Waals surface area contributed by atoms with E-state index in [1.165, 1.54) is 25.3 Å². The van der Waals surface area contributed by atoms with E-state index in [-0.39, 0.29) is 22.8 Å². The number of carbonyl (C=O) groups excluding carboxylic acids is 3. The monoisotopic (exact) mass is 361 g/mol. The Morgan fingerprint density at radius 3 is 2.44 bits per heavy atom. The summed E-state index contributed by atoms with van der Waals surface area (Å²) in [5.41, 5.74) is 1.10. The summed E-state index contributed by atoms with van der Waals surface area (Å²) >= 11 is 5.99. The van der Waals surface area contributed by atoms with Crippen molar-refractivity contribution in [2.75, 3.05) is 24.3 Å². The van der Waals surface area contributed by atoms with Crippen molar-refractivity contribution in [2.45, 2.75) is 0 Å². The Morgan fingerprint density at radius 1 is 1.04 bits per heavy atom. The first kappa shape index (κ1) is 18.3. The maximum atomic E-state index is 11.9. The SMILES string of the molecule is COC(=O)c1ccc(Cl)c(NC(=O)CNC(=O)Nc2ccccc2)c1. The molecule has 0 fully saturated rings. The first-order chi connectivity index (χ1) is 12.0. The normalized spacial score (nSPS) is 9.84. The number of urea groups is 1. The largest absolute Gasteiger partial charge is 0.465 e. The number of anilines is 2. The first-order valence-electron chi connectivity index (χ1n) is 7.27. The zero-order valence-corrected chi connectivity index (χ0v) is 14.1. The molecule has 2 aromatic rings. The van der Waals surface area contributed by atoms with E-state index in [0.29, 0.717) is 5.69 Å². The second-order valence-corrected chi connectivity index (χ2v) is 5.32. The van der Waals surface area contributed by atoms with Crippen LogP contribution in [0.3, 0.4) is 0 Å². The van der Waals surface area contributed by atoms with Crippen LogP contribution >= 0.6 is 11.6 Å². The van der Waals surface area contributed by atoms with Crippen molar-refractivity contribution in [3.8, 4) is 0 Å². The molecule has 130 valence electrons. The fourth-order valence-corrected chi connectivity index (χ4v) is 2.08. The molecule has 3 N–H and O–H groups in total. The molecular formula is C17H16ClN3O4. The zero-order chi connectivity index (χ0) is 18.2. The van der Waals surface area contributed by atoms with Gasteiger partial charge in [0.1, 0.15) is 0 Å². The molecular weight excluding hydrogens is 346 g/mol. The van der Waals surface area contributed by atoms with Crippen molar-refractivity contribution < 1.29 is 19.1 Å². The van der Waals surface area contributed by atoms with Gasteiger partial charge in [-0.2, -0.15) is 0 Å². The summed E-state index contributed by atoms with van der Waals surface area (Å²) in [6.07, 6.45) is 0. The number of benzene rings is 2. The molecule has 2 rings (SSSR count). The Morgan fingerprint density at radius 2 is 1.76 bits per heavy atom. The molecule has 0 heterocycles. The summed E-state index contributed by atoms with van der Waals surface area (Å²) in [5.74, 6) is -1.04. The van der Waals surface area contributed by atoms with Crippen LogP contribution in [0.1, 0.15) is 10.4 Å². The van der Waals surface area contributed by atoms with Gasteiger partial charge in [0.05, 0.1) is 29.9 Å². The van der Waals surface area contributed by atoms with E-state index in [9.17, 15) is 14.4 Å². The lowest BCUT2D eigenvalue weighted by Gasteiger charge is -2.10. The van der Waals surface area contributed by atoms with Gasteiger partial charge < -0.3 is 20.7 Å². The summed E-state index contributed by atoms with van der Waals surface area (Å²) in [4.78, 5) is 35.2. The Balaban J connectivity index is 1.89. The number of methoxy groups -OCH3 is 1. The predicted molar refractivity (Wildman–Crippen MR) is 94.9 cm³/mol. The highest BCUT2D eigenvalue weighted by molar-refractivity contribution is 6.33. The molecule has 7 nitrogen and oxygen atoms in total. The number of nitrogens with one attached hydrogen (secondary N) is 3. The highest BCUT2D eigenvalue weighted by Gasteiger charge is 2.12. The van der Waals surface area contributed by atoms with Crippen LogP contribution in [0.2, 0.25) is 5.02 Å². The van der Waals surface area contributed by atoms with Gasteiger partial charge in [0.15, 0.2) is 0 Å². The number of hydrogen-bond acceptors (Lipinski definition) is 4. The van der Waals surface area contributed by atoms with Crippen LogP contribution in [0.4, 0.5) is 16.2 Å². The molecule has 2 aromatic carbocycles. The number of hydrogen-bond donors (Lipinski definition) is 3. The maximum Gasteiger partial charge on any atom is 0.337 e. The second kappa shape index (κ2) is 8.70. The van der Waals surface area contributed by atoms with Crippen molar-refractivity contribution in [3.05, 3.63) is 59.1 Å². The highest BCUT2D eigenvalue weighted by Crippen LogP contribution is 2.23. The average Bonchev–Trinajstić information content (AvgIpc) is 2.62. The van der Waals surface area contributed by atoms with Crippen molar-refractivity contribution in [1.82, 2.24) is 5.32 Å². The van der Waals surface area contributed by atoms with Crippen LogP contribution in [-0.2, 0) is 9.53 Å². The van der Waals surface area contributed by atoms with Crippen LogP contribution in [-0.4, -0.2) is 31.6 Å². The van der Waals surface area contributed by atoms with Gasteiger partial charge in [0.25, 0.3) is 0 Å². The Hall–Kier alpha value is -3.06. The molecule has 0 atom stereocenters. The van der Waals surface area contributed by atoms with E-state index < -0.39 is 17.9 Å². The van der Waals surface area contributed by atoms with Crippen LogP contribution < -0.4 is 16.0 Å². The molecule has 0 bridgehead atoms. The van der Waals surface area contributed by atoms with Gasteiger partial charge in [-0.05, 0) is 30.3 Å². The van der Waals surface area contributed by atoms with Crippen LogP contribution in [0, 0.1) is 0 Å². The quantitative estimate of drug-likeness (QED) is 0.713. The molecule has 0 aliphatic heterocycles. The van der Waals surface area contributed by atoms with Gasteiger partial charge in [-0.15, -0.1) is 0 Å². The molecule has 0 aliphatic rings. The predicted octanol–water partition coefficient (Wildman–Crippen LogP) is 2.89. The number of halogens is 1. The van der Waals surface area contributed by atoms with E-state index >= 15 is 0 Å². The molecule has 25 heavy (non-hydrogen) atoms. The highest BCUT2D eigenvalue weighted by atomic mass is 35.5. The first-order valence-corrected chi connectivity index (χ1v) is 7.65. The maximum absolute atomic E-state index is 11.9. The number of para-hydroxylation sites is 1. The van der Waals surface area contributed by atoms with Gasteiger partial charge in [-0.25, -0.2) is 9.59 Å². The summed E-state index contributed by atoms with van der Waals surface area (Å²) in [5, 5.41) is 7.80. The summed E-state index contributed by atoms with van der Waals surface area (Å²) in [6, 6.07) is 12.6. The molecule has 0 aromatic heterocycles. The van der Waals surface area contributed by atoms with Gasteiger partial charge >= 0.3 is 12.0 Å². The van der Waals surface area contributed by atoms with Gasteiger partial charge in [-0.3, -0.25) is 4.79 Å². The fourth-order valence-electron chi connectivity index (χ4n) is 1.92. The zero-order valence-electron chi connectivity index (χ0n) is 13.3. The van der Waals surface area contributed by atoms with Crippen LogP contribution in [0.25, 0.3) is 0 Å². The minimum atomic E-state index is -0.549. The Kier molecular flexibility index (Phi) is 6.36. The fraction of sp³-hybridized carbons (Fsp3) is 0.118. The standard InChI is InChI=1S/C17H16ClN3O4/c1-25-16(23)11-7-8-13(18)14(9-11)21-15(22)10-19-17(24)20-12-5-3-2-4-6-12/h2-9H,10H2,1H3,(H,21,22)(H2,19,20,24). The van der Waals surface area contributed by atoms with Crippen molar-refractivity contribution in [3.63, 3.8) is 0 Å². The van der Waals surface area contributed by atoms with Crippen molar-refractivity contribution in [1.29, 1.82) is 0 Å². The average molecular weight is 362 g/mol. The Labute approximate surface area is 149 Å². The third-order valence-electron chi connectivity index (χ3n) is 3.10. The molecule has 0 radical (unpaired) electrons. The third-order valence-corrected chi connectivity index (χ3v) is 3.43. The van der Waals surface area contributed by atoms with Crippen LogP contribution in [0.5, 0.6) is 0 Å². The number of ether oxygens (including phenoxy) is 1. The molecule has 0 unspecified atom stereocenters. The molecule has 0 saturated carbocycles. The minimum Gasteiger partial charge on any atom is -0.465 e. The smallest absolute Gasteiger partial charge is 0.337 e. The summed E-state index contributed by atoms with van der Waals surface area (Å²) in [7, 11) is 1.25. The van der Waals surface area contributed by atoms with E-state index in [4.69, 9.17) is 11.6 Å². The molecule has 8 heteroatoms. The van der Waals surface area contributed by atoms with Crippen molar-refractivity contribution in [2.24, 2.45) is 0 Å². The van der Waals surface area contributed by atoms with Crippen molar-refractivity contribution >= 4 is 40.9 Å². The third kappa shape index (κ3) is 5.50. The second-order valence-electron chi connectivity index (χ2n) is 4.91. The minimum absolute atomic E-state index is 0.247. The number of rotatable bonds is 5. The lowest BCUT2D eigenvalue weighted by Crippen LogP contribution is -2.35. The van der Waals surface area contributed by atoms with E-state index in [1.807, 2.05) is 6.07 Å². The number of amides is 3. The van der Waals surface area contributed by atoms with Gasteiger partial charge in [0.2, 0.25) is 5.91 Å².